The molecule has 3 heteroatoms. The minimum absolute atomic E-state index is 0.652. The molecule has 86 valence electrons. The van der Waals surface area contributed by atoms with E-state index in [2.05, 4.69) is 4.90 Å². The van der Waals surface area contributed by atoms with Crippen LogP contribution < -0.4 is 0 Å². The number of amidine groups is 1. The molecule has 0 amide bonds. The third-order valence-corrected chi connectivity index (χ3v) is 3.42. The van der Waals surface area contributed by atoms with E-state index in [-0.39, 0.29) is 0 Å². The summed E-state index contributed by atoms with van der Waals surface area (Å²) in [6.45, 7) is 2.06. The molecule has 0 radical (unpaired) electrons. The molecule has 1 aromatic carbocycles. The number of nitrogens with one attached hydrogen (secondary N) is 1. The third kappa shape index (κ3) is 2.76. The fraction of sp³-hybridized carbons (Fsp3) is 0.462. The summed E-state index contributed by atoms with van der Waals surface area (Å²) >= 11 is 6.09. The molecule has 0 aliphatic carbocycles. The van der Waals surface area contributed by atoms with Crippen LogP contribution in [-0.4, -0.2) is 23.8 Å². The van der Waals surface area contributed by atoms with Crippen LogP contribution in [0.1, 0.15) is 24.8 Å². The third-order valence-electron chi connectivity index (χ3n) is 3.05. The number of rotatable bonds is 2. The molecule has 0 aromatic heterocycles. The Morgan fingerprint density at radius 1 is 1.19 bits per heavy atom. The van der Waals surface area contributed by atoms with Crippen LogP contribution in [0.25, 0.3) is 0 Å². The summed E-state index contributed by atoms with van der Waals surface area (Å²) in [6, 6.07) is 7.79. The zero-order valence-corrected chi connectivity index (χ0v) is 10.1. The van der Waals surface area contributed by atoms with Gasteiger partial charge in [-0.2, -0.15) is 0 Å². The summed E-state index contributed by atoms with van der Waals surface area (Å²) in [5.41, 5.74) is 1.06. The van der Waals surface area contributed by atoms with Gasteiger partial charge in [0, 0.05) is 24.5 Å². The Bertz CT molecular complexity index is 370. The predicted octanol–water partition coefficient (Wildman–Crippen LogP) is 3.35. The van der Waals surface area contributed by atoms with Crippen molar-refractivity contribution in [2.24, 2.45) is 0 Å². The molecule has 1 heterocycles. The molecule has 0 unspecified atom stereocenters. The van der Waals surface area contributed by atoms with E-state index in [0.717, 1.165) is 23.7 Å². The SMILES string of the molecule is N=C(Cc1ccccc1Cl)N1CCCCC1. The molecule has 1 saturated heterocycles. The molecular formula is C13H17ClN2. The Labute approximate surface area is 102 Å². The number of benzene rings is 1. The van der Waals surface area contributed by atoms with E-state index < -0.39 is 0 Å². The summed E-state index contributed by atoms with van der Waals surface area (Å²) in [5, 5.41) is 8.85. The van der Waals surface area contributed by atoms with Gasteiger partial charge in [0.2, 0.25) is 0 Å². The average molecular weight is 237 g/mol. The summed E-state index contributed by atoms with van der Waals surface area (Å²) in [5.74, 6) is 0.702. The molecular weight excluding hydrogens is 220 g/mol. The highest BCUT2D eigenvalue weighted by molar-refractivity contribution is 6.31. The topological polar surface area (TPSA) is 27.1 Å². The van der Waals surface area contributed by atoms with Crippen LogP contribution in [0.5, 0.6) is 0 Å². The van der Waals surface area contributed by atoms with E-state index in [4.69, 9.17) is 17.0 Å². The van der Waals surface area contributed by atoms with Crippen LogP contribution in [0.3, 0.4) is 0 Å². The molecule has 0 bridgehead atoms. The number of piperidine rings is 1. The number of hydrogen-bond acceptors (Lipinski definition) is 1. The van der Waals surface area contributed by atoms with Gasteiger partial charge in [0.15, 0.2) is 0 Å². The number of nitrogens with zero attached hydrogens (tertiary/aromatic N) is 1. The van der Waals surface area contributed by atoms with Gasteiger partial charge in [-0.3, -0.25) is 5.41 Å². The molecule has 0 atom stereocenters. The van der Waals surface area contributed by atoms with Crippen LogP contribution >= 0.6 is 11.6 Å². The Hall–Kier alpha value is -1.02. The van der Waals surface area contributed by atoms with Crippen LogP contribution in [-0.2, 0) is 6.42 Å². The smallest absolute Gasteiger partial charge is 0.100 e. The number of halogens is 1. The quantitative estimate of drug-likeness (QED) is 0.619. The van der Waals surface area contributed by atoms with Gasteiger partial charge < -0.3 is 4.90 Å². The first kappa shape index (κ1) is 11.5. The fourth-order valence-corrected chi connectivity index (χ4v) is 2.30. The standard InChI is InChI=1S/C13H17ClN2/c14-12-7-3-2-6-11(12)10-13(15)16-8-4-1-5-9-16/h2-3,6-7,15H,1,4-5,8-10H2. The minimum Gasteiger partial charge on any atom is -0.360 e. The van der Waals surface area contributed by atoms with E-state index in [0.29, 0.717) is 12.3 Å². The Kier molecular flexibility index (Phi) is 3.83. The van der Waals surface area contributed by atoms with E-state index >= 15 is 0 Å². The second-order valence-corrected chi connectivity index (χ2v) is 4.67. The molecule has 1 N–H and O–H groups in total. The first-order valence-electron chi connectivity index (χ1n) is 5.83. The van der Waals surface area contributed by atoms with Crippen molar-refractivity contribution < 1.29 is 0 Å². The zero-order valence-electron chi connectivity index (χ0n) is 9.38. The van der Waals surface area contributed by atoms with Crippen LogP contribution in [0.2, 0.25) is 5.02 Å². The van der Waals surface area contributed by atoms with Gasteiger partial charge in [-0.15, -0.1) is 0 Å². The van der Waals surface area contributed by atoms with Crippen LogP contribution in [0.15, 0.2) is 24.3 Å². The van der Waals surface area contributed by atoms with Gasteiger partial charge in [0.1, 0.15) is 5.84 Å². The van der Waals surface area contributed by atoms with Crippen LogP contribution in [0, 0.1) is 5.41 Å². The Balaban J connectivity index is 1.99. The van der Waals surface area contributed by atoms with Gasteiger partial charge in [0.25, 0.3) is 0 Å². The molecule has 1 fully saturated rings. The zero-order chi connectivity index (χ0) is 11.4. The molecule has 1 aliphatic rings. The first-order valence-corrected chi connectivity index (χ1v) is 6.21. The maximum Gasteiger partial charge on any atom is 0.100 e. The Morgan fingerprint density at radius 3 is 2.56 bits per heavy atom. The van der Waals surface area contributed by atoms with Gasteiger partial charge in [-0.25, -0.2) is 0 Å². The summed E-state index contributed by atoms with van der Waals surface area (Å²) in [6.07, 6.45) is 4.38. The fourth-order valence-electron chi connectivity index (χ4n) is 2.10. The lowest BCUT2D eigenvalue weighted by molar-refractivity contribution is 0.336. The maximum atomic E-state index is 8.08. The van der Waals surface area contributed by atoms with Crippen molar-refractivity contribution in [3.63, 3.8) is 0 Å². The van der Waals surface area contributed by atoms with Gasteiger partial charge >= 0.3 is 0 Å². The van der Waals surface area contributed by atoms with Crippen molar-refractivity contribution in [3.05, 3.63) is 34.9 Å². The molecule has 2 nitrogen and oxygen atoms in total. The minimum atomic E-state index is 0.652. The molecule has 1 aromatic rings. The highest BCUT2D eigenvalue weighted by atomic mass is 35.5. The monoisotopic (exact) mass is 236 g/mol. The second kappa shape index (κ2) is 5.35. The van der Waals surface area contributed by atoms with E-state index in [1.807, 2.05) is 24.3 Å². The molecule has 0 saturated carbocycles. The maximum absolute atomic E-state index is 8.08. The van der Waals surface area contributed by atoms with Gasteiger partial charge in [0.05, 0.1) is 0 Å². The molecule has 1 aliphatic heterocycles. The largest absolute Gasteiger partial charge is 0.360 e. The predicted molar refractivity (Wildman–Crippen MR) is 68.3 cm³/mol. The first-order chi connectivity index (χ1) is 7.77. The van der Waals surface area contributed by atoms with Crippen molar-refractivity contribution in [2.75, 3.05) is 13.1 Å². The normalized spacial score (nSPS) is 16.2. The van der Waals surface area contributed by atoms with E-state index in [1.165, 1.54) is 19.3 Å². The van der Waals surface area contributed by atoms with E-state index in [1.54, 1.807) is 0 Å². The van der Waals surface area contributed by atoms with Crippen molar-refractivity contribution >= 4 is 17.4 Å². The summed E-state index contributed by atoms with van der Waals surface area (Å²) in [4.78, 5) is 2.17. The molecule has 0 spiro atoms. The van der Waals surface area contributed by atoms with Crippen LogP contribution in [0.4, 0.5) is 0 Å². The molecule has 16 heavy (non-hydrogen) atoms. The number of hydrogen-bond donors (Lipinski definition) is 1. The van der Waals surface area contributed by atoms with Crippen molar-refractivity contribution in [1.82, 2.24) is 4.90 Å². The molecule has 2 rings (SSSR count). The summed E-state index contributed by atoms with van der Waals surface area (Å²) < 4.78 is 0. The lowest BCUT2D eigenvalue weighted by atomic mass is 10.1. The second-order valence-electron chi connectivity index (χ2n) is 4.26. The van der Waals surface area contributed by atoms with Crippen molar-refractivity contribution in [2.45, 2.75) is 25.7 Å². The highest BCUT2D eigenvalue weighted by Gasteiger charge is 2.14. The van der Waals surface area contributed by atoms with Crippen molar-refractivity contribution in [1.29, 1.82) is 5.41 Å². The average Bonchev–Trinajstić information content (AvgIpc) is 2.33. The Morgan fingerprint density at radius 2 is 1.88 bits per heavy atom. The lowest BCUT2D eigenvalue weighted by Gasteiger charge is -2.29. The van der Waals surface area contributed by atoms with Crippen molar-refractivity contribution in [3.8, 4) is 0 Å². The summed E-state index contributed by atoms with van der Waals surface area (Å²) in [7, 11) is 0. The highest BCUT2D eigenvalue weighted by Crippen LogP contribution is 2.17. The number of likely N-dealkylation sites (tertiary alicyclic amines) is 1. The van der Waals surface area contributed by atoms with Gasteiger partial charge in [-0.1, -0.05) is 29.8 Å². The van der Waals surface area contributed by atoms with E-state index in [9.17, 15) is 0 Å². The van der Waals surface area contributed by atoms with Gasteiger partial charge in [-0.05, 0) is 30.9 Å². The lowest BCUT2D eigenvalue weighted by Crippen LogP contribution is -2.36.